The van der Waals surface area contributed by atoms with Crippen LogP contribution in [-0.2, 0) is 17.8 Å². The van der Waals surface area contributed by atoms with Crippen LogP contribution in [0.4, 0.5) is 0 Å². The monoisotopic (exact) mass is 313 g/mol. The first-order chi connectivity index (χ1) is 11.1. The van der Waals surface area contributed by atoms with Gasteiger partial charge in [-0.15, -0.1) is 0 Å². The predicted molar refractivity (Wildman–Crippen MR) is 85.2 cm³/mol. The fraction of sp³-hybridized carbons (Fsp3) is 0.294. The van der Waals surface area contributed by atoms with Gasteiger partial charge in [-0.2, -0.15) is 0 Å². The van der Waals surface area contributed by atoms with Crippen LogP contribution in [-0.4, -0.2) is 30.0 Å². The van der Waals surface area contributed by atoms with Crippen molar-refractivity contribution in [3.8, 4) is 0 Å². The molecule has 0 aliphatic carbocycles. The topological polar surface area (TPSA) is 72.4 Å². The number of hydrogen-bond acceptors (Lipinski definition) is 3. The van der Waals surface area contributed by atoms with Gasteiger partial charge in [-0.05, 0) is 30.2 Å². The second kappa shape index (κ2) is 6.26. The van der Waals surface area contributed by atoms with Crippen LogP contribution in [0.15, 0.2) is 30.5 Å². The molecule has 0 bridgehead atoms. The van der Waals surface area contributed by atoms with Gasteiger partial charge in [0.1, 0.15) is 0 Å². The maximum Gasteiger partial charge on any atom is 0.274 e. The molecule has 3 rings (SSSR count). The first-order valence-corrected chi connectivity index (χ1v) is 7.49. The summed E-state index contributed by atoms with van der Waals surface area (Å²) in [6, 6.07) is 7.35. The number of aryl methyl sites for hydroxylation is 1. The second-order valence-electron chi connectivity index (χ2n) is 5.60. The second-order valence-corrected chi connectivity index (χ2v) is 5.60. The summed E-state index contributed by atoms with van der Waals surface area (Å²) in [5.41, 5.74) is 6.77. The molecule has 23 heavy (non-hydrogen) atoms. The minimum Gasteiger partial charge on any atom is -0.352 e. The molecule has 1 aliphatic rings. The molecule has 2 aromatic rings. The highest BCUT2D eigenvalue weighted by Crippen LogP contribution is 2.21. The van der Waals surface area contributed by atoms with Gasteiger partial charge in [0.15, 0.2) is 0 Å². The fourth-order valence-electron chi connectivity index (χ4n) is 2.96. The summed E-state index contributed by atoms with van der Waals surface area (Å²) in [7, 11) is 1.40. The van der Waals surface area contributed by atoms with E-state index in [1.54, 1.807) is 12.1 Å². The Labute approximate surface area is 134 Å². The van der Waals surface area contributed by atoms with Crippen molar-refractivity contribution in [2.45, 2.75) is 19.9 Å². The summed E-state index contributed by atoms with van der Waals surface area (Å²) in [6.45, 7) is 3.31. The van der Waals surface area contributed by atoms with E-state index in [1.807, 2.05) is 25.3 Å². The van der Waals surface area contributed by atoms with E-state index in [9.17, 15) is 9.59 Å². The molecule has 0 fully saturated rings. The van der Waals surface area contributed by atoms with Crippen molar-refractivity contribution >= 4 is 11.8 Å². The van der Waals surface area contributed by atoms with Crippen LogP contribution < -0.4 is 10.8 Å². The molecule has 2 heterocycles. The van der Waals surface area contributed by atoms with Crippen molar-refractivity contribution in [1.82, 2.24) is 15.4 Å². The number of hydroxylamine groups is 1. The highest BCUT2D eigenvalue weighted by atomic mass is 16.6. The molecule has 0 saturated heterocycles. The average Bonchev–Trinajstić information content (AvgIpc) is 2.86. The summed E-state index contributed by atoms with van der Waals surface area (Å²) in [5, 5.41) is 2.88. The van der Waals surface area contributed by atoms with E-state index in [-0.39, 0.29) is 11.8 Å². The highest BCUT2D eigenvalue weighted by molar-refractivity contribution is 5.98. The third-order valence-corrected chi connectivity index (χ3v) is 4.02. The van der Waals surface area contributed by atoms with Crippen LogP contribution >= 0.6 is 0 Å². The Hall–Kier alpha value is -2.60. The van der Waals surface area contributed by atoms with Crippen LogP contribution in [0.25, 0.3) is 0 Å². The lowest BCUT2D eigenvalue weighted by atomic mass is 10.1. The van der Waals surface area contributed by atoms with E-state index < -0.39 is 0 Å². The summed E-state index contributed by atoms with van der Waals surface area (Å²) in [4.78, 5) is 28.2. The molecular formula is C17H19N3O3. The minimum atomic E-state index is -0.273. The number of hydrogen-bond donors (Lipinski definition) is 2. The van der Waals surface area contributed by atoms with Gasteiger partial charge in [-0.25, -0.2) is 5.48 Å². The van der Waals surface area contributed by atoms with Gasteiger partial charge in [0.05, 0.1) is 12.7 Å². The number of benzene rings is 1. The number of nitrogens with one attached hydrogen (secondary N) is 2. The van der Waals surface area contributed by atoms with Gasteiger partial charge in [-0.1, -0.05) is 12.1 Å². The average molecular weight is 313 g/mol. The standard InChI is InChI=1S/C17H19N3O3/c1-11-9-20(14-7-8-18-17(22)15(11)14)10-12-3-5-13(6-4-12)16(21)19-23-2/h3-6,9H,7-8,10H2,1-2H3,(H,18,22)(H,19,21). The Bertz CT molecular complexity index is 747. The van der Waals surface area contributed by atoms with Gasteiger partial charge < -0.3 is 9.88 Å². The van der Waals surface area contributed by atoms with Crippen molar-refractivity contribution < 1.29 is 14.4 Å². The van der Waals surface area contributed by atoms with Gasteiger partial charge in [0.25, 0.3) is 11.8 Å². The lowest BCUT2D eigenvalue weighted by Crippen LogP contribution is -2.32. The lowest BCUT2D eigenvalue weighted by molar-refractivity contribution is 0.0537. The number of amides is 2. The maximum atomic E-state index is 12.0. The number of aromatic nitrogens is 1. The molecule has 0 spiro atoms. The van der Waals surface area contributed by atoms with E-state index in [2.05, 4.69) is 20.2 Å². The number of fused-ring (bicyclic) bond motifs is 1. The van der Waals surface area contributed by atoms with Gasteiger partial charge in [-0.3, -0.25) is 14.4 Å². The maximum absolute atomic E-state index is 12.0. The zero-order chi connectivity index (χ0) is 16.4. The van der Waals surface area contributed by atoms with Gasteiger partial charge in [0.2, 0.25) is 0 Å². The zero-order valence-corrected chi connectivity index (χ0v) is 13.2. The normalized spacial score (nSPS) is 13.4. The Kier molecular flexibility index (Phi) is 4.16. The Morgan fingerprint density at radius 1 is 1.35 bits per heavy atom. The third kappa shape index (κ3) is 2.98. The van der Waals surface area contributed by atoms with Gasteiger partial charge >= 0.3 is 0 Å². The first kappa shape index (κ1) is 15.3. The lowest BCUT2D eigenvalue weighted by Gasteiger charge is -2.16. The zero-order valence-electron chi connectivity index (χ0n) is 13.2. The highest BCUT2D eigenvalue weighted by Gasteiger charge is 2.23. The van der Waals surface area contributed by atoms with Gasteiger partial charge in [0, 0.05) is 37.0 Å². The van der Waals surface area contributed by atoms with Crippen molar-refractivity contribution in [3.05, 3.63) is 58.4 Å². The molecule has 0 atom stereocenters. The smallest absolute Gasteiger partial charge is 0.274 e. The largest absolute Gasteiger partial charge is 0.352 e. The van der Waals surface area contributed by atoms with Crippen molar-refractivity contribution in [2.75, 3.05) is 13.7 Å². The molecule has 1 aliphatic heterocycles. The third-order valence-electron chi connectivity index (χ3n) is 4.02. The molecule has 2 amide bonds. The van der Waals surface area contributed by atoms with Crippen molar-refractivity contribution in [1.29, 1.82) is 0 Å². The van der Waals surface area contributed by atoms with Crippen LogP contribution in [0.3, 0.4) is 0 Å². The van der Waals surface area contributed by atoms with E-state index in [0.717, 1.165) is 28.8 Å². The van der Waals surface area contributed by atoms with Crippen LogP contribution in [0, 0.1) is 6.92 Å². The molecule has 1 aromatic heterocycles. The van der Waals surface area contributed by atoms with Crippen molar-refractivity contribution in [2.24, 2.45) is 0 Å². The molecule has 120 valence electrons. The fourth-order valence-corrected chi connectivity index (χ4v) is 2.96. The molecule has 6 heteroatoms. The van der Waals surface area contributed by atoms with Crippen molar-refractivity contribution in [3.63, 3.8) is 0 Å². The molecule has 1 aromatic carbocycles. The first-order valence-electron chi connectivity index (χ1n) is 7.49. The summed E-state index contributed by atoms with van der Waals surface area (Å²) in [5.74, 6) is -0.265. The summed E-state index contributed by atoms with van der Waals surface area (Å²) >= 11 is 0. The number of carbonyl (C=O) groups is 2. The van der Waals surface area contributed by atoms with Crippen LogP contribution in [0.5, 0.6) is 0 Å². The molecule has 6 nitrogen and oxygen atoms in total. The summed E-state index contributed by atoms with van der Waals surface area (Å²) < 4.78 is 2.12. The molecular weight excluding hydrogens is 294 g/mol. The number of rotatable bonds is 4. The molecule has 0 saturated carbocycles. The van der Waals surface area contributed by atoms with E-state index in [4.69, 9.17) is 0 Å². The number of carbonyl (C=O) groups excluding carboxylic acids is 2. The Morgan fingerprint density at radius 2 is 2.09 bits per heavy atom. The number of nitrogens with zero attached hydrogens (tertiary/aromatic N) is 1. The van der Waals surface area contributed by atoms with E-state index in [0.29, 0.717) is 18.7 Å². The molecule has 2 N–H and O–H groups in total. The predicted octanol–water partition coefficient (Wildman–Crippen LogP) is 1.42. The van der Waals surface area contributed by atoms with Crippen LogP contribution in [0.1, 0.15) is 37.5 Å². The Balaban J connectivity index is 1.82. The van der Waals surface area contributed by atoms with E-state index >= 15 is 0 Å². The molecule has 0 unspecified atom stereocenters. The quantitative estimate of drug-likeness (QED) is 0.839. The summed E-state index contributed by atoms with van der Waals surface area (Å²) in [6.07, 6.45) is 2.85. The minimum absolute atomic E-state index is 0.00841. The van der Waals surface area contributed by atoms with Crippen LogP contribution in [0.2, 0.25) is 0 Å². The van der Waals surface area contributed by atoms with E-state index in [1.165, 1.54) is 7.11 Å². The SMILES string of the molecule is CONC(=O)c1ccc(Cn2cc(C)c3c2CCNC3=O)cc1. The Morgan fingerprint density at radius 3 is 2.78 bits per heavy atom. The molecule has 0 radical (unpaired) electrons.